The number of benzene rings is 2. The van der Waals surface area contributed by atoms with E-state index in [4.69, 9.17) is 14.2 Å². The largest absolute Gasteiger partial charge is 0.449 e. The van der Waals surface area contributed by atoms with Gasteiger partial charge in [0.05, 0.1) is 0 Å². The fraction of sp³-hybridized carbons (Fsp3) is 0.673. The summed E-state index contributed by atoms with van der Waals surface area (Å²) >= 11 is 0. The first-order chi connectivity index (χ1) is 33.5. The number of rotatable bonds is 33. The van der Waals surface area contributed by atoms with Crippen molar-refractivity contribution in [3.8, 4) is 11.1 Å². The highest BCUT2D eigenvalue weighted by atomic mass is 16.6. The number of carbonyl (C=O) groups is 6. The Bertz CT molecular complexity index is 1850. The number of amides is 6. The van der Waals surface area contributed by atoms with E-state index in [1.165, 1.54) is 44.9 Å². The van der Waals surface area contributed by atoms with Crippen LogP contribution in [-0.2, 0) is 28.6 Å². The van der Waals surface area contributed by atoms with Crippen LogP contribution in [0, 0.1) is 0 Å². The van der Waals surface area contributed by atoms with E-state index >= 15 is 0 Å². The van der Waals surface area contributed by atoms with Crippen molar-refractivity contribution in [2.45, 2.75) is 206 Å². The average molecular weight is 977 g/mol. The number of ether oxygens (including phenoxy) is 3. The number of alkyl carbamates (subject to hydrolysis) is 3. The van der Waals surface area contributed by atoms with Gasteiger partial charge in [0.25, 0.3) is 0 Å². The van der Waals surface area contributed by atoms with Crippen LogP contribution in [0.15, 0.2) is 48.5 Å². The molecule has 392 valence electrons. The van der Waals surface area contributed by atoms with Crippen molar-refractivity contribution in [1.82, 2.24) is 31.9 Å². The fourth-order valence-corrected chi connectivity index (χ4v) is 8.40. The van der Waals surface area contributed by atoms with Gasteiger partial charge in [0.2, 0.25) is 17.7 Å². The molecule has 70 heavy (non-hydrogen) atoms. The highest BCUT2D eigenvalue weighted by molar-refractivity contribution is 5.91. The van der Waals surface area contributed by atoms with Gasteiger partial charge >= 0.3 is 18.3 Å². The highest BCUT2D eigenvalue weighted by Crippen LogP contribution is 2.44. The molecule has 2 unspecified atom stereocenters. The minimum Gasteiger partial charge on any atom is -0.449 e. The van der Waals surface area contributed by atoms with E-state index in [-0.39, 0.29) is 43.7 Å². The van der Waals surface area contributed by atoms with Crippen LogP contribution in [-0.4, -0.2) is 92.1 Å². The molecule has 0 aliphatic heterocycles. The van der Waals surface area contributed by atoms with Gasteiger partial charge in [-0.15, -0.1) is 0 Å². The lowest BCUT2D eigenvalue weighted by Gasteiger charge is -2.25. The fourth-order valence-electron chi connectivity index (χ4n) is 8.40. The summed E-state index contributed by atoms with van der Waals surface area (Å²) in [7, 11) is 0. The summed E-state index contributed by atoms with van der Waals surface area (Å²) in [5.74, 6) is -0.843. The van der Waals surface area contributed by atoms with Crippen molar-refractivity contribution in [3.05, 3.63) is 59.7 Å². The summed E-state index contributed by atoms with van der Waals surface area (Å²) in [5, 5.41) is 17.1. The molecule has 6 amide bonds. The monoisotopic (exact) mass is 977 g/mol. The third-order valence-electron chi connectivity index (χ3n) is 12.0. The summed E-state index contributed by atoms with van der Waals surface area (Å²) in [6.45, 7) is 14.6. The molecule has 15 heteroatoms. The second-order valence-corrected chi connectivity index (χ2v) is 20.6. The third-order valence-corrected chi connectivity index (χ3v) is 12.0. The topological polar surface area (TPSA) is 202 Å². The van der Waals surface area contributed by atoms with Gasteiger partial charge in [0.15, 0.2) is 0 Å². The molecular weight excluding hydrogens is 889 g/mol. The van der Waals surface area contributed by atoms with Crippen molar-refractivity contribution >= 4 is 36.0 Å². The van der Waals surface area contributed by atoms with Crippen LogP contribution in [0.4, 0.5) is 14.4 Å². The number of nitrogens with one attached hydrogen (secondary N) is 6. The lowest BCUT2D eigenvalue weighted by Crippen LogP contribution is -2.54. The summed E-state index contributed by atoms with van der Waals surface area (Å²) in [6, 6.07) is 14.3. The molecule has 0 fully saturated rings. The Hall–Kier alpha value is -5.34. The van der Waals surface area contributed by atoms with E-state index in [0.717, 1.165) is 60.8 Å². The van der Waals surface area contributed by atoms with Crippen LogP contribution in [0.1, 0.15) is 194 Å². The second kappa shape index (κ2) is 32.5. The molecule has 0 radical (unpaired) electrons. The van der Waals surface area contributed by atoms with E-state index < -0.39 is 47.5 Å². The molecular formula is C55H88N6O9. The zero-order valence-electron chi connectivity index (χ0n) is 43.7. The molecule has 0 saturated heterocycles. The predicted octanol–water partition coefficient (Wildman–Crippen LogP) is 10.5. The smallest absolute Gasteiger partial charge is 0.408 e. The Kier molecular flexibility index (Phi) is 27.4. The summed E-state index contributed by atoms with van der Waals surface area (Å²) in [5.41, 5.74) is 3.08. The Morgan fingerprint density at radius 3 is 1.49 bits per heavy atom. The van der Waals surface area contributed by atoms with Crippen molar-refractivity contribution in [2.75, 3.05) is 32.8 Å². The Morgan fingerprint density at radius 1 is 0.486 bits per heavy atom. The average Bonchev–Trinajstić information content (AvgIpc) is 3.62. The van der Waals surface area contributed by atoms with Crippen LogP contribution in [0.25, 0.3) is 11.1 Å². The van der Waals surface area contributed by atoms with Crippen LogP contribution >= 0.6 is 0 Å². The zero-order chi connectivity index (χ0) is 51.2. The number of fused-ring (bicyclic) bond motifs is 3. The molecule has 15 nitrogen and oxygen atoms in total. The highest BCUT2D eigenvalue weighted by Gasteiger charge is 2.30. The van der Waals surface area contributed by atoms with Gasteiger partial charge in [-0.05, 0) is 122 Å². The molecule has 1 aliphatic rings. The first kappa shape index (κ1) is 59.0. The van der Waals surface area contributed by atoms with Gasteiger partial charge in [-0.2, -0.15) is 0 Å². The van der Waals surface area contributed by atoms with E-state index in [1.807, 2.05) is 24.3 Å². The standard InChI is InChI=1S/C55H88N6O9/c1-8-9-10-11-12-13-14-15-18-35-48(62)56-36-25-16-17-26-37-57-49(63)46(33-23-28-39-59-52(66)69-54(2,3)4)60-50(64)47(61-53(67)70-55(5,6)7)34-24-27-38-58-51(65)68-40-45-43-31-21-19-29-41(43)42-30-20-22-32-44(42)45/h19-22,29-32,45-47H,8-18,23-28,33-40H2,1-7H3,(H,56,62)(H,57,63)(H,58,65)(H,59,66)(H,60,64)(H,61,67). The summed E-state index contributed by atoms with van der Waals surface area (Å²) < 4.78 is 16.5. The minimum absolute atomic E-state index is 0.0633. The van der Waals surface area contributed by atoms with Crippen molar-refractivity contribution in [2.24, 2.45) is 0 Å². The number of hydrogen-bond acceptors (Lipinski definition) is 9. The van der Waals surface area contributed by atoms with Gasteiger partial charge in [0, 0.05) is 38.5 Å². The minimum atomic E-state index is -1.03. The van der Waals surface area contributed by atoms with Crippen molar-refractivity contribution < 1.29 is 43.0 Å². The molecule has 0 saturated carbocycles. The van der Waals surface area contributed by atoms with Crippen molar-refractivity contribution in [3.63, 3.8) is 0 Å². The quantitative estimate of drug-likeness (QED) is 0.0297. The summed E-state index contributed by atoms with van der Waals surface area (Å²) in [4.78, 5) is 77.8. The maximum Gasteiger partial charge on any atom is 0.408 e. The maximum absolute atomic E-state index is 13.9. The zero-order valence-corrected chi connectivity index (χ0v) is 43.7. The normalized spacial score (nSPS) is 13.0. The van der Waals surface area contributed by atoms with E-state index in [1.54, 1.807) is 41.5 Å². The van der Waals surface area contributed by atoms with Crippen LogP contribution < -0.4 is 31.9 Å². The molecule has 2 aromatic rings. The predicted molar refractivity (Wildman–Crippen MR) is 276 cm³/mol. The van der Waals surface area contributed by atoms with Crippen LogP contribution in [0.5, 0.6) is 0 Å². The van der Waals surface area contributed by atoms with Crippen LogP contribution in [0.2, 0.25) is 0 Å². The Morgan fingerprint density at radius 2 is 0.929 bits per heavy atom. The first-order valence-corrected chi connectivity index (χ1v) is 26.4. The molecule has 2 aromatic carbocycles. The van der Waals surface area contributed by atoms with Gasteiger partial charge in [-0.3, -0.25) is 14.4 Å². The Balaban J connectivity index is 1.47. The Labute approximate surface area is 419 Å². The molecule has 0 heterocycles. The third kappa shape index (κ3) is 25.0. The molecule has 0 bridgehead atoms. The second-order valence-electron chi connectivity index (χ2n) is 20.6. The van der Waals surface area contributed by atoms with Gasteiger partial charge in [-0.1, -0.05) is 120 Å². The van der Waals surface area contributed by atoms with E-state index in [2.05, 4.69) is 63.1 Å². The van der Waals surface area contributed by atoms with E-state index in [9.17, 15) is 28.8 Å². The van der Waals surface area contributed by atoms with Crippen LogP contribution in [0.3, 0.4) is 0 Å². The van der Waals surface area contributed by atoms with E-state index in [0.29, 0.717) is 51.7 Å². The molecule has 6 N–H and O–H groups in total. The lowest BCUT2D eigenvalue weighted by atomic mass is 9.98. The van der Waals surface area contributed by atoms with Gasteiger partial charge in [0.1, 0.15) is 29.9 Å². The van der Waals surface area contributed by atoms with Gasteiger partial charge in [-0.25, -0.2) is 14.4 Å². The first-order valence-electron chi connectivity index (χ1n) is 26.4. The number of unbranched alkanes of at least 4 members (excludes halogenated alkanes) is 13. The van der Waals surface area contributed by atoms with Crippen molar-refractivity contribution in [1.29, 1.82) is 0 Å². The number of carbonyl (C=O) groups excluding carboxylic acids is 6. The summed E-state index contributed by atoms with van der Waals surface area (Å²) in [6.07, 6.45) is 15.5. The molecule has 1 aliphatic carbocycles. The number of hydrogen-bond donors (Lipinski definition) is 6. The maximum atomic E-state index is 13.9. The van der Waals surface area contributed by atoms with Gasteiger partial charge < -0.3 is 46.1 Å². The molecule has 0 spiro atoms. The molecule has 0 aromatic heterocycles. The lowest BCUT2D eigenvalue weighted by molar-refractivity contribution is -0.130. The SMILES string of the molecule is CCCCCCCCCCCC(=O)NCCCCCCNC(=O)C(CCCCNC(=O)OC(C)(C)C)NC(=O)C(CCCCNC(=O)OCC1c2ccccc2-c2ccccc21)NC(=O)OC(C)(C)C. The molecule has 3 rings (SSSR count). The molecule has 2 atom stereocenters.